The van der Waals surface area contributed by atoms with Crippen molar-refractivity contribution in [3.05, 3.63) is 68.2 Å². The monoisotopic (exact) mass is 381 g/mol. The van der Waals surface area contributed by atoms with Crippen LogP contribution in [0.4, 0.5) is 0 Å². The minimum absolute atomic E-state index is 0.156. The van der Waals surface area contributed by atoms with Gasteiger partial charge in [0.25, 0.3) is 0 Å². The van der Waals surface area contributed by atoms with Crippen LogP contribution in [-0.4, -0.2) is 11.3 Å². The van der Waals surface area contributed by atoms with Gasteiger partial charge in [0.2, 0.25) is 0 Å². The Morgan fingerprint density at radius 1 is 1.16 bits per heavy atom. The summed E-state index contributed by atoms with van der Waals surface area (Å²) in [6.07, 6.45) is 8.64. The van der Waals surface area contributed by atoms with E-state index in [0.717, 1.165) is 12.8 Å². The number of rotatable bonds is 3. The Balaban J connectivity index is 1.72. The average molecular weight is 381 g/mol. The Morgan fingerprint density at radius 2 is 1.95 bits per heavy atom. The number of allylic oxidation sites excluding steroid dienone is 4. The molecule has 0 amide bonds. The maximum absolute atomic E-state index is 6.17. The van der Waals surface area contributed by atoms with Crippen LogP contribution in [0, 0.1) is 0 Å². The molecule has 98 valence electrons. The van der Waals surface area contributed by atoms with Crippen molar-refractivity contribution in [3.8, 4) is 0 Å². The molecule has 0 fully saturated rings. The lowest BCUT2D eigenvalue weighted by Crippen LogP contribution is -2.31. The molecule has 2 aliphatic rings. The van der Waals surface area contributed by atoms with Gasteiger partial charge < -0.3 is 5.73 Å². The minimum atomic E-state index is 0.156. The number of benzene rings is 1. The molecule has 19 heavy (non-hydrogen) atoms. The summed E-state index contributed by atoms with van der Waals surface area (Å²) in [6.45, 7) is 0. The molecule has 3 heteroatoms. The summed E-state index contributed by atoms with van der Waals surface area (Å²) >= 11 is 4.44. The molecule has 1 aromatic rings. The van der Waals surface area contributed by atoms with E-state index >= 15 is 0 Å². The molecule has 2 unspecified atom stereocenters. The van der Waals surface area contributed by atoms with Crippen LogP contribution in [0.25, 0.3) is 0 Å². The van der Waals surface area contributed by atoms with Gasteiger partial charge in [-0.1, -0.05) is 48.6 Å². The van der Waals surface area contributed by atoms with Crippen LogP contribution >= 0.6 is 34.4 Å². The second kappa shape index (κ2) is 5.85. The van der Waals surface area contributed by atoms with Crippen molar-refractivity contribution in [3.63, 3.8) is 0 Å². The summed E-state index contributed by atoms with van der Waals surface area (Å²) in [5.41, 5.74) is 9.00. The minimum Gasteiger partial charge on any atom is -0.323 e. The van der Waals surface area contributed by atoms with Crippen molar-refractivity contribution in [2.75, 3.05) is 0 Å². The molecule has 3 rings (SSSR count). The van der Waals surface area contributed by atoms with Crippen LogP contribution in [0.5, 0.6) is 0 Å². The molecule has 0 aromatic heterocycles. The predicted octanol–water partition coefficient (Wildman–Crippen LogP) is 4.20. The molecule has 0 radical (unpaired) electrons. The highest BCUT2D eigenvalue weighted by molar-refractivity contribution is 14.1. The summed E-state index contributed by atoms with van der Waals surface area (Å²) in [7, 11) is 0. The lowest BCUT2D eigenvalue weighted by molar-refractivity contribution is 0.826. The van der Waals surface area contributed by atoms with Crippen molar-refractivity contribution < 1.29 is 0 Å². The van der Waals surface area contributed by atoms with Crippen LogP contribution in [0.2, 0.25) is 0 Å². The van der Waals surface area contributed by atoms with Gasteiger partial charge in [0.15, 0.2) is 0 Å². The number of nitrogens with two attached hydrogens (primary N) is 1. The number of aryl methyl sites for hydroxylation is 1. The van der Waals surface area contributed by atoms with Gasteiger partial charge in [0.05, 0.1) is 5.25 Å². The van der Waals surface area contributed by atoms with E-state index in [0.29, 0.717) is 5.25 Å². The number of hydrogen-bond donors (Lipinski definition) is 1. The van der Waals surface area contributed by atoms with E-state index in [1.807, 2.05) is 11.8 Å². The molecular weight excluding hydrogens is 365 g/mol. The zero-order chi connectivity index (χ0) is 13.2. The van der Waals surface area contributed by atoms with Crippen LogP contribution in [-0.2, 0) is 6.42 Å². The maximum Gasteiger partial charge on any atom is 0.0539 e. The number of thioether (sulfide) groups is 1. The van der Waals surface area contributed by atoms with Crippen LogP contribution in [0.3, 0.4) is 0 Å². The highest BCUT2D eigenvalue weighted by Gasteiger charge is 2.32. The smallest absolute Gasteiger partial charge is 0.0539 e. The van der Waals surface area contributed by atoms with Gasteiger partial charge in [-0.2, -0.15) is 0 Å². The first-order valence-corrected chi connectivity index (χ1v) is 8.45. The highest BCUT2D eigenvalue weighted by atomic mass is 127. The third-order valence-corrected chi connectivity index (χ3v) is 6.67. The van der Waals surface area contributed by atoms with Gasteiger partial charge >= 0.3 is 0 Å². The van der Waals surface area contributed by atoms with Crippen molar-refractivity contribution >= 4 is 34.4 Å². The van der Waals surface area contributed by atoms with Gasteiger partial charge in [-0.3, -0.25) is 0 Å². The number of halogens is 1. The summed E-state index contributed by atoms with van der Waals surface area (Å²) in [5.74, 6) is 0. The molecule has 0 bridgehead atoms. The summed E-state index contributed by atoms with van der Waals surface area (Å²) in [6, 6.07) is 10.8. The molecule has 0 saturated heterocycles. The second-order valence-electron chi connectivity index (χ2n) is 4.85. The van der Waals surface area contributed by atoms with Gasteiger partial charge in [-0.25, -0.2) is 0 Å². The normalized spacial score (nSPS) is 25.5. The van der Waals surface area contributed by atoms with E-state index < -0.39 is 0 Å². The van der Waals surface area contributed by atoms with E-state index in [2.05, 4.69) is 71.2 Å². The SMILES string of the molecule is NC1C=CC=C2C(I)=C(CCc3ccccc3)SC21. The fourth-order valence-corrected chi connectivity index (χ4v) is 5.16. The van der Waals surface area contributed by atoms with E-state index in [1.165, 1.54) is 19.6 Å². The quantitative estimate of drug-likeness (QED) is 0.795. The average Bonchev–Trinajstić information content (AvgIpc) is 2.77. The molecule has 1 aliphatic heterocycles. The lowest BCUT2D eigenvalue weighted by Gasteiger charge is -2.20. The highest BCUT2D eigenvalue weighted by Crippen LogP contribution is 2.48. The van der Waals surface area contributed by atoms with Crippen molar-refractivity contribution in [1.82, 2.24) is 0 Å². The van der Waals surface area contributed by atoms with Gasteiger partial charge in [0.1, 0.15) is 0 Å². The Labute approximate surface area is 132 Å². The molecular formula is C16H16INS. The molecule has 0 saturated carbocycles. The third kappa shape index (κ3) is 2.83. The molecule has 1 aromatic carbocycles. The molecule has 2 N–H and O–H groups in total. The Hall–Kier alpha value is -0.520. The first-order chi connectivity index (χ1) is 9.25. The fourth-order valence-electron chi connectivity index (χ4n) is 2.47. The molecule has 1 heterocycles. The molecule has 1 nitrogen and oxygen atoms in total. The summed E-state index contributed by atoms with van der Waals surface area (Å²) in [4.78, 5) is 1.50. The van der Waals surface area contributed by atoms with Crippen molar-refractivity contribution in [2.45, 2.75) is 24.1 Å². The maximum atomic E-state index is 6.17. The van der Waals surface area contributed by atoms with Crippen LogP contribution in [0.15, 0.2) is 62.6 Å². The van der Waals surface area contributed by atoms with Gasteiger partial charge in [0, 0.05) is 9.62 Å². The zero-order valence-corrected chi connectivity index (χ0v) is 13.5. The first kappa shape index (κ1) is 13.5. The fraction of sp³-hybridized carbons (Fsp3) is 0.250. The molecule has 1 aliphatic carbocycles. The number of hydrogen-bond acceptors (Lipinski definition) is 2. The summed E-state index contributed by atoms with van der Waals surface area (Å²) < 4.78 is 1.42. The third-order valence-electron chi connectivity index (χ3n) is 3.52. The van der Waals surface area contributed by atoms with Gasteiger partial charge in [-0.05, 0) is 51.5 Å². The van der Waals surface area contributed by atoms with Crippen LogP contribution in [0.1, 0.15) is 12.0 Å². The van der Waals surface area contributed by atoms with E-state index in [4.69, 9.17) is 5.73 Å². The lowest BCUT2D eigenvalue weighted by atomic mass is 10.00. The predicted molar refractivity (Wildman–Crippen MR) is 92.4 cm³/mol. The standard InChI is InChI=1S/C16H16INS/c17-15-12-7-4-8-13(18)16(12)19-14(15)10-9-11-5-2-1-3-6-11/h1-8,13,16H,9-10,18H2. The van der Waals surface area contributed by atoms with E-state index in [9.17, 15) is 0 Å². The largest absolute Gasteiger partial charge is 0.323 e. The van der Waals surface area contributed by atoms with Gasteiger partial charge in [-0.15, -0.1) is 11.8 Å². The number of fused-ring (bicyclic) bond motifs is 1. The first-order valence-electron chi connectivity index (χ1n) is 6.49. The van der Waals surface area contributed by atoms with Crippen LogP contribution < -0.4 is 5.73 Å². The van der Waals surface area contributed by atoms with E-state index in [-0.39, 0.29) is 6.04 Å². The van der Waals surface area contributed by atoms with Crippen molar-refractivity contribution in [1.29, 1.82) is 0 Å². The summed E-state index contributed by atoms with van der Waals surface area (Å²) in [5, 5.41) is 0.433. The topological polar surface area (TPSA) is 26.0 Å². The molecule has 0 spiro atoms. The molecule has 2 atom stereocenters. The second-order valence-corrected chi connectivity index (χ2v) is 7.16. The Morgan fingerprint density at radius 3 is 2.68 bits per heavy atom. The zero-order valence-electron chi connectivity index (χ0n) is 10.6. The Kier molecular flexibility index (Phi) is 4.15. The Bertz CT molecular complexity index is 559. The van der Waals surface area contributed by atoms with Crippen molar-refractivity contribution in [2.24, 2.45) is 5.73 Å². The van der Waals surface area contributed by atoms with E-state index in [1.54, 1.807) is 0 Å².